The van der Waals surface area contributed by atoms with Crippen molar-refractivity contribution < 1.29 is 9.53 Å². The lowest BCUT2D eigenvalue weighted by molar-refractivity contribution is -0.0325. The Morgan fingerprint density at radius 2 is 1.88 bits per heavy atom. The SMILES string of the molecule is O=C(N[C@H](OC[C@H]1CCCN2CCCC[C@H]12)C(Cl)(Cl)Cl)c1ccccc1. The Labute approximate surface area is 170 Å². The first-order chi connectivity index (χ1) is 12.4. The fourth-order valence-corrected chi connectivity index (χ4v) is 4.35. The molecule has 3 atom stereocenters. The van der Waals surface area contributed by atoms with Crippen molar-refractivity contribution in [3.63, 3.8) is 0 Å². The molecule has 0 radical (unpaired) electrons. The smallest absolute Gasteiger partial charge is 0.253 e. The van der Waals surface area contributed by atoms with Crippen molar-refractivity contribution in [2.45, 2.75) is 48.2 Å². The molecule has 2 aliphatic heterocycles. The van der Waals surface area contributed by atoms with Crippen molar-refractivity contribution in [2.24, 2.45) is 5.92 Å². The van der Waals surface area contributed by atoms with Crippen molar-refractivity contribution in [1.82, 2.24) is 10.2 Å². The van der Waals surface area contributed by atoms with Crippen LogP contribution in [0.1, 0.15) is 42.5 Å². The zero-order chi connectivity index (χ0) is 18.6. The maximum atomic E-state index is 12.4. The number of piperidine rings is 2. The first-order valence-electron chi connectivity index (χ1n) is 9.23. The lowest BCUT2D eigenvalue weighted by Crippen LogP contribution is -2.51. The average molecular weight is 420 g/mol. The predicted octanol–water partition coefficient (Wildman–Crippen LogP) is 4.39. The van der Waals surface area contributed by atoms with Crippen LogP contribution in [-0.4, -0.2) is 46.6 Å². The van der Waals surface area contributed by atoms with Crippen molar-refractivity contribution in [3.05, 3.63) is 35.9 Å². The molecule has 0 saturated carbocycles. The summed E-state index contributed by atoms with van der Waals surface area (Å²) in [7, 11) is 0. The van der Waals surface area contributed by atoms with Gasteiger partial charge in [0, 0.05) is 11.6 Å². The normalized spacial score (nSPS) is 25.3. The first kappa shape index (κ1) is 20.2. The number of amides is 1. The van der Waals surface area contributed by atoms with Crippen molar-refractivity contribution >= 4 is 40.7 Å². The number of fused-ring (bicyclic) bond motifs is 1. The van der Waals surface area contributed by atoms with Gasteiger partial charge in [-0.3, -0.25) is 4.79 Å². The molecule has 26 heavy (non-hydrogen) atoms. The number of benzene rings is 1. The molecule has 4 nitrogen and oxygen atoms in total. The molecule has 0 unspecified atom stereocenters. The fraction of sp³-hybridized carbons (Fsp3) is 0.632. The van der Waals surface area contributed by atoms with Gasteiger partial charge < -0.3 is 15.0 Å². The highest BCUT2D eigenvalue weighted by molar-refractivity contribution is 6.68. The third-order valence-corrected chi connectivity index (χ3v) is 5.90. The lowest BCUT2D eigenvalue weighted by atomic mass is 9.84. The van der Waals surface area contributed by atoms with Gasteiger partial charge in [0.2, 0.25) is 3.79 Å². The van der Waals surface area contributed by atoms with Gasteiger partial charge in [-0.25, -0.2) is 0 Å². The molecule has 1 amide bonds. The second-order valence-corrected chi connectivity index (χ2v) is 9.46. The van der Waals surface area contributed by atoms with Crippen LogP contribution in [0.3, 0.4) is 0 Å². The highest BCUT2D eigenvalue weighted by Crippen LogP contribution is 2.34. The van der Waals surface area contributed by atoms with E-state index < -0.39 is 10.0 Å². The highest BCUT2D eigenvalue weighted by Gasteiger charge is 2.38. The number of carbonyl (C=O) groups excluding carboxylic acids is 1. The Kier molecular flexibility index (Phi) is 7.09. The third-order valence-electron chi connectivity index (χ3n) is 5.30. The van der Waals surface area contributed by atoms with E-state index in [1.807, 2.05) is 6.07 Å². The molecule has 0 aromatic heterocycles. The Balaban J connectivity index is 1.61. The van der Waals surface area contributed by atoms with Crippen LogP contribution in [0.2, 0.25) is 0 Å². The number of hydrogen-bond donors (Lipinski definition) is 1. The van der Waals surface area contributed by atoms with Gasteiger partial charge in [-0.2, -0.15) is 0 Å². The van der Waals surface area contributed by atoms with E-state index >= 15 is 0 Å². The summed E-state index contributed by atoms with van der Waals surface area (Å²) in [6, 6.07) is 9.40. The number of halogens is 3. The maximum absolute atomic E-state index is 12.4. The summed E-state index contributed by atoms with van der Waals surface area (Å²) in [4.78, 5) is 15.0. The number of ether oxygens (including phenoxy) is 1. The van der Waals surface area contributed by atoms with Gasteiger partial charge in [0.1, 0.15) is 0 Å². The Morgan fingerprint density at radius 3 is 2.62 bits per heavy atom. The number of hydrogen-bond acceptors (Lipinski definition) is 3. The molecule has 0 spiro atoms. The van der Waals surface area contributed by atoms with Gasteiger partial charge in [-0.05, 0) is 56.8 Å². The minimum atomic E-state index is -1.73. The van der Waals surface area contributed by atoms with Crippen LogP contribution in [0.25, 0.3) is 0 Å². The monoisotopic (exact) mass is 418 g/mol. The zero-order valence-corrected chi connectivity index (χ0v) is 16.9. The predicted molar refractivity (Wildman–Crippen MR) is 106 cm³/mol. The number of nitrogens with zero attached hydrogens (tertiary/aromatic N) is 1. The Bertz CT molecular complexity index is 592. The molecule has 0 bridgehead atoms. The van der Waals surface area contributed by atoms with Gasteiger partial charge in [0.05, 0.1) is 6.61 Å². The Hall–Kier alpha value is -0.520. The summed E-state index contributed by atoms with van der Waals surface area (Å²) in [6.07, 6.45) is 5.02. The van der Waals surface area contributed by atoms with Crippen molar-refractivity contribution in [2.75, 3.05) is 19.7 Å². The van der Waals surface area contributed by atoms with Gasteiger partial charge in [-0.1, -0.05) is 59.4 Å². The summed E-state index contributed by atoms with van der Waals surface area (Å²) >= 11 is 18.2. The molecule has 1 aromatic rings. The van der Waals surface area contributed by atoms with Crippen LogP contribution < -0.4 is 5.32 Å². The largest absolute Gasteiger partial charge is 0.354 e. The topological polar surface area (TPSA) is 41.6 Å². The Morgan fingerprint density at radius 1 is 1.15 bits per heavy atom. The van der Waals surface area contributed by atoms with E-state index in [2.05, 4.69) is 10.2 Å². The first-order valence-corrected chi connectivity index (χ1v) is 10.4. The molecular formula is C19H25Cl3N2O2. The number of carbonyl (C=O) groups is 1. The third kappa shape index (κ3) is 5.26. The molecule has 7 heteroatoms. The van der Waals surface area contributed by atoms with Crippen LogP contribution in [-0.2, 0) is 4.74 Å². The highest BCUT2D eigenvalue weighted by atomic mass is 35.6. The number of rotatable bonds is 5. The van der Waals surface area contributed by atoms with E-state index in [1.165, 1.54) is 38.8 Å². The second-order valence-electron chi connectivity index (χ2n) is 7.10. The van der Waals surface area contributed by atoms with Crippen molar-refractivity contribution in [1.29, 1.82) is 0 Å². The van der Waals surface area contributed by atoms with Crippen molar-refractivity contribution in [3.8, 4) is 0 Å². The molecule has 2 heterocycles. The quantitative estimate of drug-likeness (QED) is 0.568. The number of alkyl halides is 3. The van der Waals surface area contributed by atoms with E-state index in [0.717, 1.165) is 6.42 Å². The summed E-state index contributed by atoms with van der Waals surface area (Å²) in [5, 5.41) is 2.71. The summed E-state index contributed by atoms with van der Waals surface area (Å²) in [5.41, 5.74) is 0.506. The molecule has 2 saturated heterocycles. The molecule has 3 rings (SSSR count). The van der Waals surface area contributed by atoms with Crippen LogP contribution in [0.5, 0.6) is 0 Å². The summed E-state index contributed by atoms with van der Waals surface area (Å²) < 4.78 is 4.20. The maximum Gasteiger partial charge on any atom is 0.253 e. The fourth-order valence-electron chi connectivity index (χ4n) is 4.00. The van der Waals surface area contributed by atoms with E-state index in [0.29, 0.717) is 24.1 Å². The van der Waals surface area contributed by atoms with Gasteiger partial charge >= 0.3 is 0 Å². The van der Waals surface area contributed by atoms with Gasteiger partial charge in [0.15, 0.2) is 6.23 Å². The molecule has 2 fully saturated rings. The van der Waals surface area contributed by atoms with E-state index in [9.17, 15) is 4.79 Å². The summed E-state index contributed by atoms with van der Waals surface area (Å²) in [5.74, 6) is 0.0948. The zero-order valence-electron chi connectivity index (χ0n) is 14.7. The molecule has 2 aliphatic rings. The van der Waals surface area contributed by atoms with Gasteiger partial charge in [0.25, 0.3) is 5.91 Å². The molecule has 0 aliphatic carbocycles. The second kappa shape index (κ2) is 9.11. The van der Waals surface area contributed by atoms with Crippen LogP contribution in [0.4, 0.5) is 0 Å². The van der Waals surface area contributed by atoms with E-state index in [-0.39, 0.29) is 5.91 Å². The lowest BCUT2D eigenvalue weighted by Gasteiger charge is -2.44. The average Bonchev–Trinajstić information content (AvgIpc) is 2.64. The minimum absolute atomic E-state index is 0.315. The summed E-state index contributed by atoms with van der Waals surface area (Å²) in [6.45, 7) is 2.81. The molecular weight excluding hydrogens is 395 g/mol. The van der Waals surface area contributed by atoms with E-state index in [1.54, 1.807) is 24.3 Å². The molecule has 1 N–H and O–H groups in total. The molecule has 144 valence electrons. The minimum Gasteiger partial charge on any atom is -0.354 e. The van der Waals surface area contributed by atoms with E-state index in [4.69, 9.17) is 39.5 Å². The van der Waals surface area contributed by atoms with Crippen LogP contribution in [0.15, 0.2) is 30.3 Å². The van der Waals surface area contributed by atoms with Gasteiger partial charge in [-0.15, -0.1) is 0 Å². The van der Waals surface area contributed by atoms with Crippen LogP contribution >= 0.6 is 34.8 Å². The standard InChI is InChI=1S/C19H25Cl3N2O2/c20-19(21,22)18(23-17(25)14-7-2-1-3-8-14)26-13-15-9-6-12-24-11-5-4-10-16(15)24/h1-3,7-8,15-16,18H,4-6,9-13H2,(H,23,25)/t15-,16-,18-/m1/s1. The number of nitrogens with one attached hydrogen (secondary N) is 1. The molecule has 1 aromatic carbocycles. The van der Waals surface area contributed by atoms with Crippen LogP contribution in [0, 0.1) is 5.92 Å².